The van der Waals surface area contributed by atoms with E-state index in [-0.39, 0.29) is 34.2 Å². The van der Waals surface area contributed by atoms with Crippen molar-refractivity contribution in [2.45, 2.75) is 31.4 Å². The van der Waals surface area contributed by atoms with Gasteiger partial charge in [0.25, 0.3) is 5.91 Å². The minimum atomic E-state index is -4.78. The van der Waals surface area contributed by atoms with E-state index in [1.807, 2.05) is 0 Å². The standard InChI is InChI=1S/C26H22ClF4N3O3/c27-18-5-2-4-17(26(29,30)31)22(18)24(35)16-3-1-6-20-21(16)23(33-32-20)15-8-7-14(13-19(15)28)25(36)34-9-11-37-12-10-34/h2,4-5,7-8,13,16H,1,3,6,9-12H2,(H,32,33). The first kappa shape index (κ1) is 25.4. The molecule has 37 heavy (non-hydrogen) atoms. The van der Waals surface area contributed by atoms with Crippen molar-refractivity contribution in [3.8, 4) is 11.3 Å². The molecule has 2 aromatic carbocycles. The summed E-state index contributed by atoms with van der Waals surface area (Å²) in [5.41, 5.74) is -0.454. The number of carbonyl (C=O) groups is 2. The van der Waals surface area contributed by atoms with Gasteiger partial charge in [0.05, 0.1) is 35.4 Å². The number of nitrogens with zero attached hydrogens (tertiary/aromatic N) is 2. The van der Waals surface area contributed by atoms with Crippen LogP contribution in [0.15, 0.2) is 36.4 Å². The average molecular weight is 536 g/mol. The van der Waals surface area contributed by atoms with Gasteiger partial charge in [-0.1, -0.05) is 17.7 Å². The molecule has 6 nitrogen and oxygen atoms in total. The molecule has 3 aromatic rings. The number of ketones is 1. The molecule has 0 spiro atoms. The topological polar surface area (TPSA) is 75.3 Å². The highest BCUT2D eigenvalue weighted by Crippen LogP contribution is 2.43. The second-order valence-corrected chi connectivity index (χ2v) is 9.44. The predicted octanol–water partition coefficient (Wildman–Crippen LogP) is 5.66. The zero-order chi connectivity index (χ0) is 26.3. The van der Waals surface area contributed by atoms with Crippen LogP contribution in [0.2, 0.25) is 5.02 Å². The number of morpholine rings is 1. The van der Waals surface area contributed by atoms with Crippen LogP contribution in [0.4, 0.5) is 17.6 Å². The number of carbonyl (C=O) groups excluding carboxylic acids is 2. The van der Waals surface area contributed by atoms with Gasteiger partial charge in [0.2, 0.25) is 0 Å². The number of ether oxygens (including phenoxy) is 1. The Morgan fingerprint density at radius 1 is 1.14 bits per heavy atom. The Morgan fingerprint density at radius 3 is 2.59 bits per heavy atom. The molecular weight excluding hydrogens is 514 g/mol. The molecule has 1 unspecified atom stereocenters. The highest BCUT2D eigenvalue weighted by atomic mass is 35.5. The third-order valence-corrected chi connectivity index (χ3v) is 7.12. The maximum Gasteiger partial charge on any atom is 0.417 e. The molecule has 0 saturated carbocycles. The minimum Gasteiger partial charge on any atom is -0.378 e. The van der Waals surface area contributed by atoms with E-state index in [9.17, 15) is 22.8 Å². The van der Waals surface area contributed by atoms with Gasteiger partial charge in [0.1, 0.15) is 5.82 Å². The van der Waals surface area contributed by atoms with Crippen molar-refractivity contribution in [3.63, 3.8) is 0 Å². The van der Waals surface area contributed by atoms with Crippen molar-refractivity contribution in [1.29, 1.82) is 0 Å². The molecule has 1 N–H and O–H groups in total. The van der Waals surface area contributed by atoms with Gasteiger partial charge in [-0.25, -0.2) is 4.39 Å². The normalized spacial score (nSPS) is 18.0. The van der Waals surface area contributed by atoms with E-state index >= 15 is 4.39 Å². The summed E-state index contributed by atoms with van der Waals surface area (Å²) in [6.07, 6.45) is -3.47. The highest BCUT2D eigenvalue weighted by molar-refractivity contribution is 6.34. The molecule has 5 rings (SSSR count). The third-order valence-electron chi connectivity index (χ3n) is 6.80. The molecule has 1 saturated heterocycles. The van der Waals surface area contributed by atoms with Crippen LogP contribution in [-0.4, -0.2) is 53.1 Å². The lowest BCUT2D eigenvalue weighted by molar-refractivity contribution is -0.137. The quantitative estimate of drug-likeness (QED) is 0.345. The SMILES string of the molecule is O=C(c1c(Cl)cccc1C(F)(F)F)C1CCCc2[nH]nc(-c3ccc(C(=O)N4CCOCC4)cc3F)c21. The van der Waals surface area contributed by atoms with Gasteiger partial charge in [0, 0.05) is 41.0 Å². The van der Waals surface area contributed by atoms with Crippen LogP contribution in [0.1, 0.15) is 56.3 Å². The monoisotopic (exact) mass is 535 g/mol. The van der Waals surface area contributed by atoms with Gasteiger partial charge in [-0.2, -0.15) is 18.3 Å². The van der Waals surface area contributed by atoms with Crippen LogP contribution in [0, 0.1) is 5.82 Å². The summed E-state index contributed by atoms with van der Waals surface area (Å²) in [5.74, 6) is -2.84. The summed E-state index contributed by atoms with van der Waals surface area (Å²) in [4.78, 5) is 27.9. The summed E-state index contributed by atoms with van der Waals surface area (Å²) in [7, 11) is 0. The predicted molar refractivity (Wildman–Crippen MR) is 127 cm³/mol. The molecule has 0 radical (unpaired) electrons. The van der Waals surface area contributed by atoms with Crippen LogP contribution in [0.5, 0.6) is 0 Å². The molecule has 2 heterocycles. The zero-order valence-corrected chi connectivity index (χ0v) is 20.3. The molecule has 0 bridgehead atoms. The summed E-state index contributed by atoms with van der Waals surface area (Å²) >= 11 is 6.10. The number of aryl methyl sites for hydroxylation is 1. The van der Waals surface area contributed by atoms with Crippen molar-refractivity contribution in [3.05, 3.63) is 75.2 Å². The van der Waals surface area contributed by atoms with E-state index < -0.39 is 34.8 Å². The van der Waals surface area contributed by atoms with Crippen LogP contribution < -0.4 is 0 Å². The van der Waals surface area contributed by atoms with E-state index in [4.69, 9.17) is 16.3 Å². The number of H-pyrrole nitrogens is 1. The zero-order valence-electron chi connectivity index (χ0n) is 19.5. The van der Waals surface area contributed by atoms with Crippen LogP contribution in [-0.2, 0) is 17.3 Å². The molecule has 11 heteroatoms. The maximum atomic E-state index is 15.3. The summed E-state index contributed by atoms with van der Waals surface area (Å²) in [5, 5.41) is 6.76. The number of halogens is 5. The van der Waals surface area contributed by atoms with E-state index in [1.165, 1.54) is 18.2 Å². The number of nitrogens with one attached hydrogen (secondary N) is 1. The molecule has 1 aliphatic carbocycles. The summed E-state index contributed by atoms with van der Waals surface area (Å²) in [6, 6.07) is 7.21. The highest BCUT2D eigenvalue weighted by Gasteiger charge is 2.40. The Hall–Kier alpha value is -3.24. The van der Waals surface area contributed by atoms with Crippen LogP contribution in [0.25, 0.3) is 11.3 Å². The number of fused-ring (bicyclic) bond motifs is 1. The van der Waals surface area contributed by atoms with E-state index in [0.29, 0.717) is 50.4 Å². The second kappa shape index (κ2) is 9.90. The first-order chi connectivity index (χ1) is 17.7. The number of amides is 1. The summed E-state index contributed by atoms with van der Waals surface area (Å²) in [6.45, 7) is 1.62. The van der Waals surface area contributed by atoms with Crippen LogP contribution in [0.3, 0.4) is 0 Å². The number of rotatable bonds is 4. The van der Waals surface area contributed by atoms with Gasteiger partial charge in [-0.05, 0) is 49.6 Å². The first-order valence-electron chi connectivity index (χ1n) is 11.8. The lowest BCUT2D eigenvalue weighted by atomic mass is 9.78. The fraction of sp³-hybridized carbons (Fsp3) is 0.346. The molecule has 1 amide bonds. The van der Waals surface area contributed by atoms with E-state index in [1.54, 1.807) is 4.90 Å². The van der Waals surface area contributed by atoms with E-state index in [0.717, 1.165) is 18.2 Å². The second-order valence-electron chi connectivity index (χ2n) is 9.03. The summed E-state index contributed by atoms with van der Waals surface area (Å²) < 4.78 is 61.7. The Bertz CT molecular complexity index is 1370. The lowest BCUT2D eigenvalue weighted by Gasteiger charge is -2.27. The number of Topliss-reactive ketones (excluding diaryl/α,β-unsaturated/α-hetero) is 1. The Morgan fingerprint density at radius 2 is 1.89 bits per heavy atom. The van der Waals surface area contributed by atoms with Crippen molar-refractivity contribution in [2.75, 3.05) is 26.3 Å². The number of alkyl halides is 3. The van der Waals surface area contributed by atoms with Crippen molar-refractivity contribution in [2.24, 2.45) is 0 Å². The maximum absolute atomic E-state index is 15.3. The Labute approximate surface area is 214 Å². The van der Waals surface area contributed by atoms with Gasteiger partial charge in [-0.3, -0.25) is 14.7 Å². The molecule has 1 aliphatic heterocycles. The third kappa shape index (κ3) is 4.75. The fourth-order valence-corrected chi connectivity index (χ4v) is 5.29. The average Bonchev–Trinajstić information content (AvgIpc) is 3.32. The number of benzene rings is 2. The van der Waals surface area contributed by atoms with Crippen molar-refractivity contribution in [1.82, 2.24) is 15.1 Å². The van der Waals surface area contributed by atoms with Gasteiger partial charge in [0.15, 0.2) is 5.78 Å². The van der Waals surface area contributed by atoms with Gasteiger partial charge >= 0.3 is 6.18 Å². The lowest BCUT2D eigenvalue weighted by Crippen LogP contribution is -2.40. The van der Waals surface area contributed by atoms with Gasteiger partial charge in [-0.15, -0.1) is 0 Å². The number of aromatic nitrogens is 2. The molecule has 1 atom stereocenters. The number of aromatic amines is 1. The number of hydrogen-bond acceptors (Lipinski definition) is 4. The molecule has 1 aromatic heterocycles. The Kier molecular flexibility index (Phi) is 6.80. The largest absolute Gasteiger partial charge is 0.417 e. The fourth-order valence-electron chi connectivity index (χ4n) is 5.02. The molecule has 1 fully saturated rings. The van der Waals surface area contributed by atoms with Gasteiger partial charge < -0.3 is 9.64 Å². The van der Waals surface area contributed by atoms with Crippen LogP contribution >= 0.6 is 11.6 Å². The number of hydrogen-bond donors (Lipinski definition) is 1. The first-order valence-corrected chi connectivity index (χ1v) is 12.2. The van der Waals surface area contributed by atoms with E-state index in [2.05, 4.69) is 10.2 Å². The molecule has 2 aliphatic rings. The van der Waals surface area contributed by atoms with Crippen molar-refractivity contribution < 1.29 is 31.9 Å². The smallest absolute Gasteiger partial charge is 0.378 e. The minimum absolute atomic E-state index is 0.0472. The Balaban J connectivity index is 1.52. The van der Waals surface area contributed by atoms with Crippen molar-refractivity contribution >= 4 is 23.3 Å². The molecule has 194 valence electrons. The molecular formula is C26H22ClF4N3O3.